The second-order valence-corrected chi connectivity index (χ2v) is 8.82. The van der Waals surface area contributed by atoms with Crippen LogP contribution in [0.15, 0.2) is 18.5 Å². The van der Waals surface area contributed by atoms with Crippen molar-refractivity contribution in [2.45, 2.75) is 32.7 Å². The van der Waals surface area contributed by atoms with E-state index in [1.165, 1.54) is 10.5 Å². The van der Waals surface area contributed by atoms with Crippen LogP contribution in [0.3, 0.4) is 0 Å². The van der Waals surface area contributed by atoms with Gasteiger partial charge in [0, 0.05) is 25.3 Å². The topological polar surface area (TPSA) is 120 Å². The molecule has 2 atom stereocenters. The summed E-state index contributed by atoms with van der Waals surface area (Å²) < 4.78 is 26.1. The molecule has 0 aliphatic carbocycles. The first-order valence-corrected chi connectivity index (χ1v) is 10.3. The Bertz CT molecular complexity index is 881. The number of urea groups is 1. The Labute approximate surface area is 152 Å². The predicted octanol–water partition coefficient (Wildman–Crippen LogP) is 1.53. The number of nitrogens with one attached hydrogen (secondary N) is 3. The van der Waals surface area contributed by atoms with Crippen LogP contribution in [-0.2, 0) is 10.0 Å². The average molecular weight is 380 g/mol. The minimum Gasteiger partial charge on any atom is -0.345 e. The summed E-state index contributed by atoms with van der Waals surface area (Å²) in [6.45, 7) is 4.63. The monoisotopic (exact) mass is 380 g/mol. The molecular formula is C16H24N6O3S. The van der Waals surface area contributed by atoms with Gasteiger partial charge in [0.25, 0.3) is 0 Å². The molecule has 3 rings (SSSR count). The van der Waals surface area contributed by atoms with E-state index in [0.717, 1.165) is 6.42 Å². The number of piperidine rings is 1. The van der Waals surface area contributed by atoms with Gasteiger partial charge in [0.1, 0.15) is 5.52 Å². The summed E-state index contributed by atoms with van der Waals surface area (Å²) in [5.41, 5.74) is 1.31. The normalized spacial score (nSPS) is 21.6. The Morgan fingerprint density at radius 3 is 3.00 bits per heavy atom. The molecule has 1 saturated heterocycles. The number of carbonyl (C=O) groups excluding carboxylic acids is 1. The number of carbonyl (C=O) groups is 1. The summed E-state index contributed by atoms with van der Waals surface area (Å²) in [4.78, 5) is 23.7. The maximum atomic E-state index is 12.3. The summed E-state index contributed by atoms with van der Waals surface area (Å²) in [6, 6.07) is 1.11. The quantitative estimate of drug-likeness (QED) is 0.726. The first-order chi connectivity index (χ1) is 12.4. The molecule has 0 spiro atoms. The number of hydrogen-bond donors (Lipinski definition) is 3. The summed E-state index contributed by atoms with van der Waals surface area (Å²) in [6.07, 6.45) is 4.50. The van der Waals surface area contributed by atoms with E-state index < -0.39 is 16.1 Å². The van der Waals surface area contributed by atoms with E-state index in [9.17, 15) is 13.2 Å². The van der Waals surface area contributed by atoms with Gasteiger partial charge in [0.15, 0.2) is 11.5 Å². The molecule has 2 aromatic heterocycles. The Morgan fingerprint density at radius 2 is 2.23 bits per heavy atom. The molecule has 1 fully saturated rings. The van der Waals surface area contributed by atoms with Crippen LogP contribution in [0.4, 0.5) is 10.6 Å². The number of sulfonamides is 1. The predicted molar refractivity (Wildman–Crippen MR) is 99.3 cm³/mol. The molecule has 2 unspecified atom stereocenters. The van der Waals surface area contributed by atoms with Crippen molar-refractivity contribution < 1.29 is 13.2 Å². The third-order valence-electron chi connectivity index (χ3n) is 4.32. The SMILES string of the molecule is CCCS(=O)(=O)N1CC(C)CC(NC(=O)Nc2cnc3[nH]ccc3n2)C1. The van der Waals surface area contributed by atoms with Crippen molar-refractivity contribution in [3.05, 3.63) is 18.5 Å². The minimum atomic E-state index is -3.28. The molecule has 2 amide bonds. The lowest BCUT2D eigenvalue weighted by Gasteiger charge is -2.35. The second kappa shape index (κ2) is 7.58. The van der Waals surface area contributed by atoms with E-state index >= 15 is 0 Å². The number of aromatic nitrogens is 3. The van der Waals surface area contributed by atoms with Crippen molar-refractivity contribution in [2.24, 2.45) is 5.92 Å². The lowest BCUT2D eigenvalue weighted by molar-refractivity contribution is 0.216. The summed E-state index contributed by atoms with van der Waals surface area (Å²) >= 11 is 0. The van der Waals surface area contributed by atoms with Gasteiger partial charge in [-0.1, -0.05) is 13.8 Å². The zero-order valence-corrected chi connectivity index (χ0v) is 15.7. The van der Waals surface area contributed by atoms with E-state index in [-0.39, 0.29) is 17.7 Å². The van der Waals surface area contributed by atoms with E-state index in [1.807, 2.05) is 13.8 Å². The van der Waals surface area contributed by atoms with Crippen molar-refractivity contribution in [2.75, 3.05) is 24.2 Å². The maximum absolute atomic E-state index is 12.3. The molecule has 9 nitrogen and oxygen atoms in total. The van der Waals surface area contributed by atoms with Gasteiger partial charge < -0.3 is 10.3 Å². The second-order valence-electron chi connectivity index (χ2n) is 6.74. The Hall–Kier alpha value is -2.20. The first kappa shape index (κ1) is 18.6. The van der Waals surface area contributed by atoms with Gasteiger partial charge in [0.2, 0.25) is 10.0 Å². The highest BCUT2D eigenvalue weighted by Crippen LogP contribution is 2.20. The fourth-order valence-electron chi connectivity index (χ4n) is 3.25. The lowest BCUT2D eigenvalue weighted by atomic mass is 9.98. The van der Waals surface area contributed by atoms with Crippen LogP contribution in [0.2, 0.25) is 0 Å². The molecule has 3 heterocycles. The fourth-order valence-corrected chi connectivity index (χ4v) is 4.91. The van der Waals surface area contributed by atoms with Crippen molar-refractivity contribution in [1.82, 2.24) is 24.6 Å². The third kappa shape index (κ3) is 4.31. The zero-order valence-electron chi connectivity index (χ0n) is 14.9. The van der Waals surface area contributed by atoms with Crippen LogP contribution in [0.25, 0.3) is 11.2 Å². The van der Waals surface area contributed by atoms with Gasteiger partial charge in [-0.25, -0.2) is 23.2 Å². The van der Waals surface area contributed by atoms with Crippen molar-refractivity contribution >= 4 is 33.0 Å². The van der Waals surface area contributed by atoms with Gasteiger partial charge >= 0.3 is 6.03 Å². The Balaban J connectivity index is 1.62. The third-order valence-corrected chi connectivity index (χ3v) is 6.33. The number of anilines is 1. The number of H-pyrrole nitrogens is 1. The lowest BCUT2D eigenvalue weighted by Crippen LogP contribution is -2.53. The molecule has 10 heteroatoms. The van der Waals surface area contributed by atoms with Crippen LogP contribution in [0.5, 0.6) is 0 Å². The van der Waals surface area contributed by atoms with Gasteiger partial charge in [-0.3, -0.25) is 5.32 Å². The van der Waals surface area contributed by atoms with Gasteiger partial charge in [0.05, 0.1) is 11.9 Å². The van der Waals surface area contributed by atoms with Crippen LogP contribution in [0, 0.1) is 5.92 Å². The maximum Gasteiger partial charge on any atom is 0.320 e. The molecule has 0 bridgehead atoms. The first-order valence-electron chi connectivity index (χ1n) is 8.73. The van der Waals surface area contributed by atoms with Crippen molar-refractivity contribution in [3.8, 4) is 0 Å². The van der Waals surface area contributed by atoms with Gasteiger partial charge in [-0.2, -0.15) is 4.31 Å². The van der Waals surface area contributed by atoms with E-state index in [4.69, 9.17) is 0 Å². The zero-order chi connectivity index (χ0) is 18.7. The van der Waals surface area contributed by atoms with E-state index in [2.05, 4.69) is 25.6 Å². The molecule has 0 aromatic carbocycles. The number of aromatic amines is 1. The molecule has 142 valence electrons. The average Bonchev–Trinajstić information content (AvgIpc) is 3.01. The molecule has 0 saturated carbocycles. The van der Waals surface area contributed by atoms with Crippen LogP contribution >= 0.6 is 0 Å². The van der Waals surface area contributed by atoms with Crippen LogP contribution in [-0.4, -0.2) is 58.6 Å². The Morgan fingerprint density at radius 1 is 1.42 bits per heavy atom. The highest BCUT2D eigenvalue weighted by molar-refractivity contribution is 7.89. The molecular weight excluding hydrogens is 356 g/mol. The molecule has 1 aliphatic rings. The molecule has 0 radical (unpaired) electrons. The Kier molecular flexibility index (Phi) is 5.42. The molecule has 3 N–H and O–H groups in total. The summed E-state index contributed by atoms with van der Waals surface area (Å²) in [7, 11) is -3.28. The molecule has 2 aromatic rings. The van der Waals surface area contributed by atoms with E-state index in [0.29, 0.717) is 36.5 Å². The number of fused-ring (bicyclic) bond motifs is 1. The fraction of sp³-hybridized carbons (Fsp3) is 0.562. The van der Waals surface area contributed by atoms with Crippen LogP contribution < -0.4 is 10.6 Å². The number of nitrogens with zero attached hydrogens (tertiary/aromatic N) is 3. The molecule has 1 aliphatic heterocycles. The number of hydrogen-bond acceptors (Lipinski definition) is 5. The van der Waals surface area contributed by atoms with E-state index in [1.54, 1.807) is 12.3 Å². The molecule has 26 heavy (non-hydrogen) atoms. The standard InChI is InChI=1S/C16H24N6O3S/c1-3-6-26(24,25)22-9-11(2)7-12(10-22)19-16(23)21-14-8-18-15-13(20-14)4-5-17-15/h4-5,8,11-12H,3,6-7,9-10H2,1-2H3,(H,17,18)(H2,19,20,21,23). The summed E-state index contributed by atoms with van der Waals surface area (Å²) in [5, 5.41) is 5.51. The highest BCUT2D eigenvalue weighted by Gasteiger charge is 2.32. The van der Waals surface area contributed by atoms with Gasteiger partial charge in [-0.15, -0.1) is 0 Å². The summed E-state index contributed by atoms with van der Waals surface area (Å²) in [5.74, 6) is 0.649. The van der Waals surface area contributed by atoms with Gasteiger partial charge in [-0.05, 0) is 24.8 Å². The van der Waals surface area contributed by atoms with Crippen LogP contribution in [0.1, 0.15) is 26.7 Å². The largest absolute Gasteiger partial charge is 0.345 e. The minimum absolute atomic E-state index is 0.130. The number of rotatable bonds is 5. The smallest absolute Gasteiger partial charge is 0.320 e. The van der Waals surface area contributed by atoms with Crippen molar-refractivity contribution in [3.63, 3.8) is 0 Å². The van der Waals surface area contributed by atoms with Crippen molar-refractivity contribution in [1.29, 1.82) is 0 Å². The highest BCUT2D eigenvalue weighted by atomic mass is 32.2. The number of amides is 2.